The molecule has 0 aliphatic carbocycles. The van der Waals surface area contributed by atoms with Crippen molar-refractivity contribution >= 4 is 35.8 Å². The van der Waals surface area contributed by atoms with Gasteiger partial charge in [-0.1, -0.05) is 6.92 Å². The topological polar surface area (TPSA) is 63.2 Å². The Morgan fingerprint density at radius 1 is 1.24 bits per heavy atom. The quantitative estimate of drug-likeness (QED) is 0.294. The molecule has 0 saturated carbocycles. The SMILES string of the molecule is CCN1CCCC1CNC(=NCC(=O)N(C)C)NC1CCN(CC(F)(F)F)C1.I. The van der Waals surface area contributed by atoms with Crippen LogP contribution in [0.15, 0.2) is 4.99 Å². The maximum absolute atomic E-state index is 12.6. The van der Waals surface area contributed by atoms with Crippen molar-refractivity contribution in [3.63, 3.8) is 0 Å². The highest BCUT2D eigenvalue weighted by Crippen LogP contribution is 2.20. The van der Waals surface area contributed by atoms with Crippen molar-refractivity contribution in [2.45, 2.75) is 44.4 Å². The Morgan fingerprint density at radius 2 is 1.97 bits per heavy atom. The monoisotopic (exact) mass is 534 g/mol. The van der Waals surface area contributed by atoms with Gasteiger partial charge in [-0.2, -0.15) is 13.2 Å². The first-order chi connectivity index (χ1) is 13.2. The average Bonchev–Trinajstić information content (AvgIpc) is 3.24. The van der Waals surface area contributed by atoms with E-state index in [1.54, 1.807) is 14.1 Å². The van der Waals surface area contributed by atoms with Gasteiger partial charge in [-0.05, 0) is 32.4 Å². The summed E-state index contributed by atoms with van der Waals surface area (Å²) in [5.74, 6) is 0.374. The molecule has 7 nitrogen and oxygen atoms in total. The van der Waals surface area contributed by atoms with Crippen LogP contribution >= 0.6 is 24.0 Å². The van der Waals surface area contributed by atoms with Crippen LogP contribution in [0.5, 0.6) is 0 Å². The molecule has 2 aliphatic rings. The molecule has 11 heteroatoms. The van der Waals surface area contributed by atoms with Gasteiger partial charge in [0.15, 0.2) is 5.96 Å². The molecule has 2 N–H and O–H groups in total. The first-order valence-electron chi connectivity index (χ1n) is 9.96. The molecule has 170 valence electrons. The minimum Gasteiger partial charge on any atom is -0.355 e. The van der Waals surface area contributed by atoms with Gasteiger partial charge in [0.2, 0.25) is 5.91 Å². The van der Waals surface area contributed by atoms with E-state index < -0.39 is 12.7 Å². The molecular weight excluding hydrogens is 500 g/mol. The predicted octanol–water partition coefficient (Wildman–Crippen LogP) is 1.35. The van der Waals surface area contributed by atoms with Crippen LogP contribution in [0.4, 0.5) is 13.2 Å². The number of carbonyl (C=O) groups is 1. The van der Waals surface area contributed by atoms with Gasteiger partial charge in [-0.25, -0.2) is 4.99 Å². The van der Waals surface area contributed by atoms with E-state index in [4.69, 9.17) is 0 Å². The van der Waals surface area contributed by atoms with Gasteiger partial charge in [0.25, 0.3) is 0 Å². The van der Waals surface area contributed by atoms with Gasteiger partial charge in [0.1, 0.15) is 6.54 Å². The third-order valence-corrected chi connectivity index (χ3v) is 5.30. The molecule has 2 fully saturated rings. The Hall–Kier alpha value is -0.820. The average molecular weight is 534 g/mol. The molecular formula is C18H34F3IN6O. The minimum atomic E-state index is -4.19. The van der Waals surface area contributed by atoms with Crippen molar-refractivity contribution < 1.29 is 18.0 Å². The highest BCUT2D eigenvalue weighted by atomic mass is 127. The van der Waals surface area contributed by atoms with Gasteiger partial charge in [0.05, 0.1) is 6.54 Å². The third kappa shape index (κ3) is 9.24. The molecule has 0 bridgehead atoms. The Morgan fingerprint density at radius 3 is 2.59 bits per heavy atom. The second kappa shape index (κ2) is 12.1. The lowest BCUT2D eigenvalue weighted by molar-refractivity contribution is -0.143. The highest BCUT2D eigenvalue weighted by Gasteiger charge is 2.34. The number of hydrogen-bond acceptors (Lipinski definition) is 4. The number of rotatable bonds is 7. The van der Waals surface area contributed by atoms with Crippen LogP contribution in [0.25, 0.3) is 0 Å². The molecule has 0 aromatic carbocycles. The summed E-state index contributed by atoms with van der Waals surface area (Å²) in [6, 6.07) is 0.292. The smallest absolute Gasteiger partial charge is 0.355 e. The molecule has 0 aromatic heterocycles. The minimum absolute atomic E-state index is 0. The zero-order valence-corrected chi connectivity index (χ0v) is 19.8. The molecule has 1 amide bonds. The van der Waals surface area contributed by atoms with Crippen LogP contribution in [0.1, 0.15) is 26.2 Å². The lowest BCUT2D eigenvalue weighted by Crippen LogP contribution is -2.49. The van der Waals surface area contributed by atoms with Crippen LogP contribution < -0.4 is 10.6 Å². The summed E-state index contributed by atoms with van der Waals surface area (Å²) in [6.07, 6.45) is -1.31. The predicted molar refractivity (Wildman–Crippen MR) is 119 cm³/mol. The van der Waals surface area contributed by atoms with Crippen molar-refractivity contribution in [2.24, 2.45) is 4.99 Å². The third-order valence-electron chi connectivity index (χ3n) is 5.30. The number of carbonyl (C=O) groups excluding carboxylic acids is 1. The maximum atomic E-state index is 12.6. The van der Waals surface area contributed by atoms with E-state index in [1.807, 2.05) is 0 Å². The number of likely N-dealkylation sites (tertiary alicyclic amines) is 2. The fourth-order valence-corrected chi connectivity index (χ4v) is 3.74. The van der Waals surface area contributed by atoms with Gasteiger partial charge < -0.3 is 15.5 Å². The van der Waals surface area contributed by atoms with Crippen LogP contribution in [-0.4, -0.2) is 105 Å². The number of alkyl halides is 3. The molecule has 29 heavy (non-hydrogen) atoms. The van der Waals surface area contributed by atoms with E-state index in [0.717, 1.165) is 25.9 Å². The Bertz CT molecular complexity index is 546. The number of amides is 1. The lowest BCUT2D eigenvalue weighted by Gasteiger charge is -2.25. The summed E-state index contributed by atoms with van der Waals surface area (Å²) in [4.78, 5) is 21.5. The van der Waals surface area contributed by atoms with Crippen LogP contribution in [0, 0.1) is 0 Å². The van der Waals surface area contributed by atoms with Crippen LogP contribution in [0.2, 0.25) is 0 Å². The van der Waals surface area contributed by atoms with Crippen molar-refractivity contribution in [2.75, 3.05) is 59.9 Å². The second-order valence-corrected chi connectivity index (χ2v) is 7.74. The number of hydrogen-bond donors (Lipinski definition) is 2. The van der Waals surface area contributed by atoms with Crippen LogP contribution in [-0.2, 0) is 4.79 Å². The van der Waals surface area contributed by atoms with E-state index in [2.05, 4.69) is 27.4 Å². The van der Waals surface area contributed by atoms with Gasteiger partial charge >= 0.3 is 6.18 Å². The summed E-state index contributed by atoms with van der Waals surface area (Å²) in [6.45, 7) is 4.72. The number of halogens is 4. The number of likely N-dealkylation sites (N-methyl/N-ethyl adjacent to an activating group) is 2. The van der Waals surface area contributed by atoms with Crippen LogP contribution in [0.3, 0.4) is 0 Å². The molecule has 0 aromatic rings. The van der Waals surface area contributed by atoms with Crippen molar-refractivity contribution in [3.05, 3.63) is 0 Å². The van der Waals surface area contributed by atoms with Crippen molar-refractivity contribution in [1.82, 2.24) is 25.3 Å². The molecule has 2 rings (SSSR count). The first kappa shape index (κ1) is 26.2. The van der Waals surface area contributed by atoms with E-state index in [-0.39, 0.29) is 42.5 Å². The molecule has 0 spiro atoms. The standard InChI is InChI=1S/C18H33F3N6O.HI/c1-4-27-8-5-6-15(27)10-22-17(23-11-16(28)25(2)3)24-14-7-9-26(12-14)13-18(19,20)21;/h14-15H,4-13H2,1-3H3,(H2,22,23,24);1H. The van der Waals surface area contributed by atoms with Gasteiger partial charge in [-0.15, -0.1) is 24.0 Å². The Labute approximate surface area is 188 Å². The molecule has 2 unspecified atom stereocenters. The second-order valence-electron chi connectivity index (χ2n) is 7.74. The fraction of sp³-hybridized carbons (Fsp3) is 0.889. The zero-order chi connectivity index (χ0) is 20.7. The summed E-state index contributed by atoms with van der Waals surface area (Å²) < 4.78 is 37.8. The van der Waals surface area contributed by atoms with E-state index in [9.17, 15) is 18.0 Å². The summed E-state index contributed by atoms with van der Waals surface area (Å²) in [5, 5.41) is 6.52. The van der Waals surface area contributed by atoms with E-state index in [1.165, 1.54) is 9.80 Å². The maximum Gasteiger partial charge on any atom is 0.401 e. The number of guanidine groups is 1. The van der Waals surface area contributed by atoms with E-state index in [0.29, 0.717) is 38.1 Å². The lowest BCUT2D eigenvalue weighted by atomic mass is 10.2. The molecule has 2 atom stereocenters. The normalized spacial score (nSPS) is 23.7. The molecule has 2 aliphatic heterocycles. The fourth-order valence-electron chi connectivity index (χ4n) is 3.74. The zero-order valence-electron chi connectivity index (χ0n) is 17.5. The van der Waals surface area contributed by atoms with Crippen molar-refractivity contribution in [3.8, 4) is 0 Å². The first-order valence-corrected chi connectivity index (χ1v) is 9.96. The number of nitrogens with zero attached hydrogens (tertiary/aromatic N) is 4. The van der Waals surface area contributed by atoms with Gasteiger partial charge in [-0.3, -0.25) is 14.6 Å². The molecule has 2 saturated heterocycles. The Balaban J connectivity index is 0.00000420. The van der Waals surface area contributed by atoms with Gasteiger partial charge in [0, 0.05) is 45.8 Å². The summed E-state index contributed by atoms with van der Waals surface area (Å²) in [7, 11) is 3.34. The molecule has 0 radical (unpaired) electrons. The summed E-state index contributed by atoms with van der Waals surface area (Å²) >= 11 is 0. The Kier molecular flexibility index (Phi) is 11.0. The number of nitrogens with one attached hydrogen (secondary N) is 2. The highest BCUT2D eigenvalue weighted by molar-refractivity contribution is 14.0. The summed E-state index contributed by atoms with van der Waals surface area (Å²) in [5.41, 5.74) is 0. The van der Waals surface area contributed by atoms with E-state index >= 15 is 0 Å². The number of aliphatic imine (C=N–C) groups is 1. The van der Waals surface area contributed by atoms with Crippen molar-refractivity contribution in [1.29, 1.82) is 0 Å². The molecule has 2 heterocycles. The largest absolute Gasteiger partial charge is 0.401 e.